The molecule has 0 radical (unpaired) electrons. The van der Waals surface area contributed by atoms with Crippen molar-refractivity contribution in [2.75, 3.05) is 46.8 Å². The molecule has 7 nitrogen and oxygen atoms in total. The predicted molar refractivity (Wildman–Crippen MR) is 137 cm³/mol. The monoisotopic (exact) mass is 478 g/mol. The topological polar surface area (TPSA) is 56.3 Å². The van der Waals surface area contributed by atoms with Gasteiger partial charge < -0.3 is 19.4 Å². The van der Waals surface area contributed by atoms with Crippen molar-refractivity contribution in [3.63, 3.8) is 0 Å². The number of hydrogen-bond acceptors (Lipinski definition) is 4. The van der Waals surface area contributed by atoms with Gasteiger partial charge in [0.15, 0.2) is 0 Å². The molecule has 0 aliphatic carbocycles. The molecule has 0 bridgehead atoms. The first-order valence-electron chi connectivity index (χ1n) is 12.4. The standard InChI is InChI=1S/C28H38N4O3/c1-28(2,3)35-27(34)31-19-23-18-30(26(33)29(4)5)16-17-32(23)24(20-31)25(21-12-8-6-9-13-21)22-14-10-7-11-15-22/h6-15,23-25H,16-20H2,1-5H3/t23-,24-/m0/s1. The summed E-state index contributed by atoms with van der Waals surface area (Å²) in [6.07, 6.45) is -0.293. The normalized spacial score (nSPS) is 21.0. The summed E-state index contributed by atoms with van der Waals surface area (Å²) in [7, 11) is 3.57. The Morgan fingerprint density at radius 3 is 1.91 bits per heavy atom. The minimum absolute atomic E-state index is 0.0123. The number of nitrogens with zero attached hydrogens (tertiary/aromatic N) is 4. The summed E-state index contributed by atoms with van der Waals surface area (Å²) >= 11 is 0. The molecule has 2 heterocycles. The van der Waals surface area contributed by atoms with Gasteiger partial charge in [0.2, 0.25) is 0 Å². The molecule has 35 heavy (non-hydrogen) atoms. The van der Waals surface area contributed by atoms with Crippen molar-refractivity contribution in [1.29, 1.82) is 0 Å². The van der Waals surface area contributed by atoms with Crippen molar-refractivity contribution in [1.82, 2.24) is 19.6 Å². The van der Waals surface area contributed by atoms with Crippen LogP contribution in [0.15, 0.2) is 60.7 Å². The van der Waals surface area contributed by atoms with Crippen molar-refractivity contribution in [2.24, 2.45) is 0 Å². The number of carbonyl (C=O) groups is 2. The lowest BCUT2D eigenvalue weighted by atomic mass is 9.82. The molecule has 7 heteroatoms. The number of amides is 3. The third-order valence-electron chi connectivity index (χ3n) is 6.80. The number of ether oxygens (including phenoxy) is 1. The second-order valence-electron chi connectivity index (χ2n) is 10.8. The van der Waals surface area contributed by atoms with Crippen molar-refractivity contribution in [2.45, 2.75) is 44.4 Å². The van der Waals surface area contributed by atoms with E-state index >= 15 is 0 Å². The van der Waals surface area contributed by atoms with E-state index in [2.05, 4.69) is 53.4 Å². The first-order valence-corrected chi connectivity index (χ1v) is 12.4. The van der Waals surface area contributed by atoms with Crippen LogP contribution in [0.4, 0.5) is 9.59 Å². The van der Waals surface area contributed by atoms with E-state index in [9.17, 15) is 9.59 Å². The van der Waals surface area contributed by atoms with Crippen LogP contribution in [-0.4, -0.2) is 96.2 Å². The average molecular weight is 479 g/mol. The van der Waals surface area contributed by atoms with Crippen molar-refractivity contribution < 1.29 is 14.3 Å². The molecule has 0 aromatic heterocycles. The zero-order valence-corrected chi connectivity index (χ0v) is 21.6. The number of urea groups is 1. The highest BCUT2D eigenvalue weighted by atomic mass is 16.6. The van der Waals surface area contributed by atoms with Crippen LogP contribution in [0.1, 0.15) is 37.8 Å². The Bertz CT molecular complexity index is 966. The van der Waals surface area contributed by atoms with E-state index in [0.717, 1.165) is 6.54 Å². The second-order valence-corrected chi connectivity index (χ2v) is 10.8. The maximum absolute atomic E-state index is 13.2. The summed E-state index contributed by atoms with van der Waals surface area (Å²) in [5, 5.41) is 0. The molecule has 2 fully saturated rings. The lowest BCUT2D eigenvalue weighted by molar-refractivity contribution is -0.0376. The van der Waals surface area contributed by atoms with Gasteiger partial charge in [-0.1, -0.05) is 60.7 Å². The van der Waals surface area contributed by atoms with Crippen molar-refractivity contribution in [3.05, 3.63) is 71.8 Å². The van der Waals surface area contributed by atoms with Crippen LogP contribution in [0, 0.1) is 0 Å². The first kappa shape index (κ1) is 25.0. The molecular formula is C28H38N4O3. The highest BCUT2D eigenvalue weighted by Gasteiger charge is 2.45. The Labute approximate surface area is 209 Å². The number of piperazine rings is 2. The summed E-state index contributed by atoms with van der Waals surface area (Å²) < 4.78 is 5.79. The van der Waals surface area contributed by atoms with Gasteiger partial charge in [0.1, 0.15) is 5.60 Å². The van der Waals surface area contributed by atoms with Gasteiger partial charge in [0.25, 0.3) is 0 Å². The number of hydrogen-bond donors (Lipinski definition) is 0. The number of benzene rings is 2. The Morgan fingerprint density at radius 1 is 0.857 bits per heavy atom. The van der Waals surface area contributed by atoms with E-state index in [1.165, 1.54) is 11.1 Å². The SMILES string of the molecule is CN(C)C(=O)N1CCN2[C@H](CN(C(=O)OC(C)(C)C)C[C@H]2C(c2ccccc2)c2ccccc2)C1. The zero-order valence-electron chi connectivity index (χ0n) is 21.6. The minimum Gasteiger partial charge on any atom is -0.444 e. The summed E-state index contributed by atoms with van der Waals surface area (Å²) in [5.41, 5.74) is 1.88. The van der Waals surface area contributed by atoms with E-state index in [-0.39, 0.29) is 30.1 Å². The molecule has 2 aliphatic rings. The fourth-order valence-electron chi connectivity index (χ4n) is 5.31. The van der Waals surface area contributed by atoms with Gasteiger partial charge >= 0.3 is 12.1 Å². The van der Waals surface area contributed by atoms with E-state index in [0.29, 0.717) is 26.2 Å². The molecule has 188 valence electrons. The lowest BCUT2D eigenvalue weighted by Crippen LogP contribution is -2.68. The highest BCUT2D eigenvalue weighted by Crippen LogP contribution is 2.36. The Balaban J connectivity index is 1.71. The van der Waals surface area contributed by atoms with Crippen molar-refractivity contribution in [3.8, 4) is 0 Å². The molecule has 0 spiro atoms. The Hall–Kier alpha value is -3.06. The molecule has 2 aromatic carbocycles. The van der Waals surface area contributed by atoms with E-state index in [1.807, 2.05) is 42.7 Å². The number of fused-ring (bicyclic) bond motifs is 1. The van der Waals surface area contributed by atoms with Crippen LogP contribution in [0.25, 0.3) is 0 Å². The summed E-state index contributed by atoms with van der Waals surface area (Å²) in [6.45, 7) is 8.83. The van der Waals surface area contributed by atoms with Gasteiger partial charge in [-0.05, 0) is 31.9 Å². The van der Waals surface area contributed by atoms with Gasteiger partial charge in [0, 0.05) is 64.8 Å². The quantitative estimate of drug-likeness (QED) is 0.666. The van der Waals surface area contributed by atoms with Crippen LogP contribution in [0.2, 0.25) is 0 Å². The number of carbonyl (C=O) groups excluding carboxylic acids is 2. The van der Waals surface area contributed by atoms with Gasteiger partial charge in [-0.25, -0.2) is 9.59 Å². The first-order chi connectivity index (χ1) is 16.6. The maximum atomic E-state index is 13.2. The molecule has 0 unspecified atom stereocenters. The molecular weight excluding hydrogens is 440 g/mol. The van der Waals surface area contributed by atoms with Crippen LogP contribution in [0.5, 0.6) is 0 Å². The maximum Gasteiger partial charge on any atom is 0.410 e. The summed E-state index contributed by atoms with van der Waals surface area (Å²) in [4.78, 5) is 33.9. The largest absolute Gasteiger partial charge is 0.444 e. The van der Waals surface area contributed by atoms with Crippen LogP contribution < -0.4 is 0 Å². The van der Waals surface area contributed by atoms with E-state index in [4.69, 9.17) is 4.74 Å². The second kappa shape index (κ2) is 10.3. The smallest absolute Gasteiger partial charge is 0.410 e. The van der Waals surface area contributed by atoms with Gasteiger partial charge in [0.05, 0.1) is 0 Å². The Kier molecular flexibility index (Phi) is 7.36. The van der Waals surface area contributed by atoms with Crippen LogP contribution in [0.3, 0.4) is 0 Å². The minimum atomic E-state index is -0.568. The molecule has 2 aliphatic heterocycles. The van der Waals surface area contributed by atoms with Crippen LogP contribution >= 0.6 is 0 Å². The molecule has 0 saturated carbocycles. The van der Waals surface area contributed by atoms with Gasteiger partial charge in [-0.3, -0.25) is 4.90 Å². The van der Waals surface area contributed by atoms with E-state index in [1.54, 1.807) is 19.0 Å². The third kappa shape index (κ3) is 5.78. The molecule has 0 N–H and O–H groups in total. The fourth-order valence-corrected chi connectivity index (χ4v) is 5.31. The third-order valence-corrected chi connectivity index (χ3v) is 6.80. The average Bonchev–Trinajstić information content (AvgIpc) is 2.83. The Morgan fingerprint density at radius 2 is 1.40 bits per heavy atom. The highest BCUT2D eigenvalue weighted by molar-refractivity contribution is 5.74. The lowest BCUT2D eigenvalue weighted by Gasteiger charge is -2.53. The molecule has 2 saturated heterocycles. The molecule has 3 amide bonds. The number of rotatable bonds is 3. The molecule has 4 rings (SSSR count). The predicted octanol–water partition coefficient (Wildman–Crippen LogP) is 4.11. The zero-order chi connectivity index (χ0) is 25.2. The molecule has 2 aromatic rings. The van der Waals surface area contributed by atoms with Gasteiger partial charge in [-0.15, -0.1) is 0 Å². The molecule has 2 atom stereocenters. The fraction of sp³-hybridized carbons (Fsp3) is 0.500. The van der Waals surface area contributed by atoms with E-state index < -0.39 is 5.60 Å². The summed E-state index contributed by atoms with van der Waals surface area (Å²) in [6, 6.07) is 21.2. The van der Waals surface area contributed by atoms with Gasteiger partial charge in [-0.2, -0.15) is 0 Å². The van der Waals surface area contributed by atoms with Crippen LogP contribution in [-0.2, 0) is 4.74 Å². The van der Waals surface area contributed by atoms with Crippen molar-refractivity contribution >= 4 is 12.1 Å². The summed E-state index contributed by atoms with van der Waals surface area (Å²) in [5.74, 6) is 0.0845.